The van der Waals surface area contributed by atoms with E-state index < -0.39 is 5.91 Å². The van der Waals surface area contributed by atoms with Crippen molar-refractivity contribution in [2.45, 2.75) is 6.54 Å². The lowest BCUT2D eigenvalue weighted by atomic mass is 10.1. The molecule has 0 aliphatic heterocycles. The Morgan fingerprint density at radius 3 is 2.59 bits per heavy atom. The summed E-state index contributed by atoms with van der Waals surface area (Å²) in [7, 11) is 0. The highest BCUT2D eigenvalue weighted by atomic mass is 16.5. The largest absolute Gasteiger partial charge is 0.365 e. The lowest BCUT2D eigenvalue weighted by Crippen LogP contribution is -2.18. The fourth-order valence-electron chi connectivity index (χ4n) is 2.17. The molecule has 1 heterocycles. The van der Waals surface area contributed by atoms with Gasteiger partial charge in [0.2, 0.25) is 0 Å². The summed E-state index contributed by atoms with van der Waals surface area (Å²) in [6.45, 7) is 0.571. The van der Waals surface area contributed by atoms with E-state index in [1.165, 1.54) is 6.33 Å². The van der Waals surface area contributed by atoms with Crippen LogP contribution in [0.5, 0.6) is 0 Å². The van der Waals surface area contributed by atoms with E-state index in [-0.39, 0.29) is 0 Å². The number of para-hydroxylation sites is 1. The van der Waals surface area contributed by atoms with E-state index in [1.807, 2.05) is 36.4 Å². The van der Waals surface area contributed by atoms with Gasteiger partial charge >= 0.3 is 0 Å². The number of hydrogen-bond donors (Lipinski definition) is 3. The average molecular weight is 294 g/mol. The van der Waals surface area contributed by atoms with Crippen molar-refractivity contribution in [3.63, 3.8) is 0 Å². The summed E-state index contributed by atoms with van der Waals surface area (Å²) in [5.74, 6) is 0.240. The SMILES string of the molecule is O=C(NO)c1ccc(CNc2ncnc3ccccc23)cc1. The lowest BCUT2D eigenvalue weighted by molar-refractivity contribution is 0.0706. The van der Waals surface area contributed by atoms with E-state index >= 15 is 0 Å². The van der Waals surface area contributed by atoms with Crippen molar-refractivity contribution in [2.24, 2.45) is 0 Å². The second kappa shape index (κ2) is 6.19. The number of aromatic nitrogens is 2. The maximum Gasteiger partial charge on any atom is 0.274 e. The summed E-state index contributed by atoms with van der Waals surface area (Å²) in [4.78, 5) is 19.7. The molecule has 0 fully saturated rings. The lowest BCUT2D eigenvalue weighted by Gasteiger charge is -2.08. The van der Waals surface area contributed by atoms with Crippen LogP contribution >= 0.6 is 0 Å². The van der Waals surface area contributed by atoms with Gasteiger partial charge in [-0.05, 0) is 29.8 Å². The Kier molecular flexibility index (Phi) is 3.93. The Bertz CT molecular complexity index is 797. The van der Waals surface area contributed by atoms with Crippen molar-refractivity contribution in [3.05, 3.63) is 66.0 Å². The number of carbonyl (C=O) groups is 1. The molecule has 0 aliphatic rings. The van der Waals surface area contributed by atoms with E-state index in [9.17, 15) is 4.79 Å². The molecule has 6 heteroatoms. The number of rotatable bonds is 4. The first-order valence-corrected chi connectivity index (χ1v) is 6.75. The van der Waals surface area contributed by atoms with Gasteiger partial charge in [0, 0.05) is 17.5 Å². The van der Waals surface area contributed by atoms with Gasteiger partial charge in [0.25, 0.3) is 5.91 Å². The number of benzene rings is 2. The molecule has 0 bridgehead atoms. The number of hydrogen-bond acceptors (Lipinski definition) is 5. The second-order valence-electron chi connectivity index (χ2n) is 4.73. The molecule has 2 aromatic carbocycles. The Balaban J connectivity index is 1.75. The fourth-order valence-corrected chi connectivity index (χ4v) is 2.17. The van der Waals surface area contributed by atoms with Gasteiger partial charge < -0.3 is 5.32 Å². The molecule has 110 valence electrons. The number of anilines is 1. The molecule has 1 aromatic heterocycles. The normalized spacial score (nSPS) is 10.4. The van der Waals surface area contributed by atoms with Gasteiger partial charge in [-0.3, -0.25) is 10.0 Å². The highest BCUT2D eigenvalue weighted by molar-refractivity contribution is 5.93. The molecule has 0 atom stereocenters. The van der Waals surface area contributed by atoms with Crippen LogP contribution in [0, 0.1) is 0 Å². The third-order valence-electron chi connectivity index (χ3n) is 3.32. The van der Waals surface area contributed by atoms with Crippen LogP contribution in [0.3, 0.4) is 0 Å². The number of nitrogens with one attached hydrogen (secondary N) is 2. The van der Waals surface area contributed by atoms with Crippen LogP contribution in [-0.2, 0) is 6.54 Å². The molecule has 6 nitrogen and oxygen atoms in total. The molecular weight excluding hydrogens is 280 g/mol. The number of hydroxylamine groups is 1. The standard InChI is InChI=1S/C16H14N4O2/c21-16(20-22)12-7-5-11(6-8-12)9-17-15-13-3-1-2-4-14(13)18-10-19-15/h1-8,10,22H,9H2,(H,20,21)(H,17,18,19). The molecule has 3 aromatic rings. The molecule has 1 amide bonds. The molecule has 3 rings (SSSR count). The minimum Gasteiger partial charge on any atom is -0.365 e. The van der Waals surface area contributed by atoms with Crippen molar-refractivity contribution in [1.29, 1.82) is 0 Å². The second-order valence-corrected chi connectivity index (χ2v) is 4.73. The van der Waals surface area contributed by atoms with Crippen LogP contribution in [0.25, 0.3) is 10.9 Å². The van der Waals surface area contributed by atoms with Gasteiger partial charge in [-0.1, -0.05) is 24.3 Å². The molecule has 0 aliphatic carbocycles. The third kappa shape index (κ3) is 2.87. The van der Waals surface area contributed by atoms with Gasteiger partial charge in [-0.15, -0.1) is 0 Å². The zero-order valence-electron chi connectivity index (χ0n) is 11.7. The van der Waals surface area contributed by atoms with Crippen LogP contribution in [0.2, 0.25) is 0 Å². The minimum absolute atomic E-state index is 0.402. The van der Waals surface area contributed by atoms with E-state index in [0.717, 1.165) is 22.3 Å². The van der Waals surface area contributed by atoms with Gasteiger partial charge in [0.15, 0.2) is 0 Å². The summed E-state index contributed by atoms with van der Waals surface area (Å²) in [6.07, 6.45) is 1.53. The molecule has 0 radical (unpaired) electrons. The molecule has 0 saturated carbocycles. The van der Waals surface area contributed by atoms with E-state index in [0.29, 0.717) is 12.1 Å². The smallest absolute Gasteiger partial charge is 0.274 e. The topological polar surface area (TPSA) is 87.1 Å². The zero-order chi connectivity index (χ0) is 15.4. The zero-order valence-corrected chi connectivity index (χ0v) is 11.7. The average Bonchev–Trinajstić information content (AvgIpc) is 2.59. The maximum absolute atomic E-state index is 11.3. The van der Waals surface area contributed by atoms with Crippen LogP contribution in [0.15, 0.2) is 54.9 Å². The number of carbonyl (C=O) groups excluding carboxylic acids is 1. The number of fused-ring (bicyclic) bond motifs is 1. The highest BCUT2D eigenvalue weighted by Crippen LogP contribution is 2.19. The quantitative estimate of drug-likeness (QED) is 0.508. The van der Waals surface area contributed by atoms with Crippen molar-refractivity contribution < 1.29 is 10.0 Å². The van der Waals surface area contributed by atoms with Crippen molar-refractivity contribution >= 4 is 22.6 Å². The highest BCUT2D eigenvalue weighted by Gasteiger charge is 2.05. The van der Waals surface area contributed by atoms with Crippen molar-refractivity contribution in [2.75, 3.05) is 5.32 Å². The Morgan fingerprint density at radius 2 is 1.82 bits per heavy atom. The Labute approximate surface area is 126 Å². The first-order valence-electron chi connectivity index (χ1n) is 6.75. The van der Waals surface area contributed by atoms with E-state index in [1.54, 1.807) is 17.6 Å². The molecule has 22 heavy (non-hydrogen) atoms. The minimum atomic E-state index is -0.527. The monoisotopic (exact) mass is 294 g/mol. The third-order valence-corrected chi connectivity index (χ3v) is 3.32. The predicted molar refractivity (Wildman–Crippen MR) is 82.6 cm³/mol. The maximum atomic E-state index is 11.3. The van der Waals surface area contributed by atoms with Crippen molar-refractivity contribution in [3.8, 4) is 0 Å². The Morgan fingerprint density at radius 1 is 1.05 bits per heavy atom. The number of amides is 1. The molecule has 0 unspecified atom stereocenters. The molecule has 3 N–H and O–H groups in total. The van der Waals surface area contributed by atoms with Gasteiger partial charge in [-0.25, -0.2) is 15.4 Å². The molecule has 0 saturated heterocycles. The van der Waals surface area contributed by atoms with Crippen LogP contribution in [0.4, 0.5) is 5.82 Å². The molecular formula is C16H14N4O2. The fraction of sp³-hybridized carbons (Fsp3) is 0.0625. The van der Waals surface area contributed by atoms with Crippen LogP contribution in [0.1, 0.15) is 15.9 Å². The van der Waals surface area contributed by atoms with E-state index in [4.69, 9.17) is 5.21 Å². The molecule has 0 spiro atoms. The summed E-state index contributed by atoms with van der Waals surface area (Å²) < 4.78 is 0. The number of nitrogens with zero attached hydrogens (tertiary/aromatic N) is 2. The van der Waals surface area contributed by atoms with Crippen LogP contribution in [-0.4, -0.2) is 21.1 Å². The summed E-state index contributed by atoms with van der Waals surface area (Å²) in [5, 5.41) is 12.8. The first kappa shape index (κ1) is 14.0. The Hall–Kier alpha value is -2.99. The summed E-state index contributed by atoms with van der Waals surface area (Å²) in [5.41, 5.74) is 3.89. The van der Waals surface area contributed by atoms with Gasteiger partial charge in [0.05, 0.1) is 5.52 Å². The first-order chi connectivity index (χ1) is 10.8. The van der Waals surface area contributed by atoms with Gasteiger partial charge in [0.1, 0.15) is 12.1 Å². The summed E-state index contributed by atoms with van der Waals surface area (Å²) >= 11 is 0. The van der Waals surface area contributed by atoms with Crippen molar-refractivity contribution in [1.82, 2.24) is 15.4 Å². The predicted octanol–water partition coefficient (Wildman–Crippen LogP) is 2.36. The summed E-state index contributed by atoms with van der Waals surface area (Å²) in [6, 6.07) is 14.7. The van der Waals surface area contributed by atoms with Crippen LogP contribution < -0.4 is 10.8 Å². The van der Waals surface area contributed by atoms with Gasteiger partial charge in [-0.2, -0.15) is 0 Å². The van der Waals surface area contributed by atoms with E-state index in [2.05, 4.69) is 15.3 Å².